The maximum Gasteiger partial charge on any atom is 0.233 e. The fourth-order valence-corrected chi connectivity index (χ4v) is 2.17. The van der Waals surface area contributed by atoms with Crippen LogP contribution in [0.5, 0.6) is 17.2 Å². The summed E-state index contributed by atoms with van der Waals surface area (Å²) >= 11 is 0. The fourth-order valence-electron chi connectivity index (χ4n) is 2.17. The molecule has 5 heteroatoms. The Morgan fingerprint density at radius 2 is 1.78 bits per heavy atom. The zero-order valence-corrected chi connectivity index (χ0v) is 10.4. The Labute approximate surface area is 105 Å². The third-order valence-electron chi connectivity index (χ3n) is 3.23. The van der Waals surface area contributed by atoms with Gasteiger partial charge in [-0.1, -0.05) is 6.92 Å². The van der Waals surface area contributed by atoms with Gasteiger partial charge in [0.05, 0.1) is 18.2 Å². The van der Waals surface area contributed by atoms with Gasteiger partial charge in [0.1, 0.15) is 19.0 Å². The highest BCUT2D eigenvalue weighted by atomic mass is 16.6. The van der Waals surface area contributed by atoms with Crippen molar-refractivity contribution < 1.29 is 19.0 Å². The molecule has 0 saturated carbocycles. The molecule has 0 radical (unpaired) electrons. The Morgan fingerprint density at radius 3 is 2.50 bits per heavy atom. The first-order valence-electron chi connectivity index (χ1n) is 6.01. The summed E-state index contributed by atoms with van der Waals surface area (Å²) in [5.74, 6) is 1.90. The lowest BCUT2D eigenvalue weighted by Crippen LogP contribution is -2.31. The maximum atomic E-state index is 12.0. The van der Waals surface area contributed by atoms with Gasteiger partial charge in [-0.15, -0.1) is 0 Å². The lowest BCUT2D eigenvalue weighted by atomic mass is 10.1. The number of hydrogen-bond donors (Lipinski definition) is 0. The summed E-state index contributed by atoms with van der Waals surface area (Å²) in [7, 11) is 1.75. The average Bonchev–Trinajstić information content (AvgIpc) is 2.50. The SMILES string of the molecule is CC1COc2cc3c(cc2N(C)C1=O)OCCO3. The molecule has 1 aromatic carbocycles. The van der Waals surface area contributed by atoms with Crippen molar-refractivity contribution in [2.24, 2.45) is 5.92 Å². The molecule has 1 atom stereocenters. The monoisotopic (exact) mass is 249 g/mol. The largest absolute Gasteiger partial charge is 0.490 e. The molecule has 2 aliphatic heterocycles. The number of amides is 1. The van der Waals surface area contributed by atoms with Gasteiger partial charge in [0.25, 0.3) is 0 Å². The van der Waals surface area contributed by atoms with E-state index in [1.165, 1.54) is 0 Å². The van der Waals surface area contributed by atoms with Crippen molar-refractivity contribution in [2.45, 2.75) is 6.92 Å². The fraction of sp³-hybridized carbons (Fsp3) is 0.462. The van der Waals surface area contributed by atoms with Crippen molar-refractivity contribution in [2.75, 3.05) is 31.8 Å². The van der Waals surface area contributed by atoms with Crippen LogP contribution in [0.15, 0.2) is 12.1 Å². The third kappa shape index (κ3) is 1.66. The molecule has 96 valence electrons. The van der Waals surface area contributed by atoms with Gasteiger partial charge in [-0.3, -0.25) is 4.79 Å². The topological polar surface area (TPSA) is 48.0 Å². The summed E-state index contributed by atoms with van der Waals surface area (Å²) < 4.78 is 16.7. The number of fused-ring (bicyclic) bond motifs is 2. The van der Waals surface area contributed by atoms with Crippen LogP contribution in [0.4, 0.5) is 5.69 Å². The predicted octanol–water partition coefficient (Wildman–Crippen LogP) is 1.45. The van der Waals surface area contributed by atoms with Gasteiger partial charge < -0.3 is 19.1 Å². The molecule has 18 heavy (non-hydrogen) atoms. The molecule has 0 aromatic heterocycles. The molecule has 2 aliphatic rings. The van der Waals surface area contributed by atoms with E-state index >= 15 is 0 Å². The molecule has 0 N–H and O–H groups in total. The molecule has 0 aliphatic carbocycles. The van der Waals surface area contributed by atoms with Gasteiger partial charge in [0, 0.05) is 19.2 Å². The van der Waals surface area contributed by atoms with Crippen LogP contribution < -0.4 is 19.1 Å². The quantitative estimate of drug-likeness (QED) is 0.698. The van der Waals surface area contributed by atoms with Crippen LogP contribution in [0.25, 0.3) is 0 Å². The standard InChI is InChI=1S/C13H15NO4/c1-8-7-18-10-6-12-11(16-3-4-17-12)5-9(10)14(2)13(8)15/h5-6,8H,3-4,7H2,1-2H3. The number of carbonyl (C=O) groups is 1. The van der Waals surface area contributed by atoms with Gasteiger partial charge in [-0.2, -0.15) is 0 Å². The summed E-state index contributed by atoms with van der Waals surface area (Å²) in [5.41, 5.74) is 0.730. The minimum absolute atomic E-state index is 0.0467. The number of benzene rings is 1. The lowest BCUT2D eigenvalue weighted by molar-refractivity contribution is -0.122. The lowest BCUT2D eigenvalue weighted by Gasteiger charge is -2.23. The molecule has 2 heterocycles. The average molecular weight is 249 g/mol. The van der Waals surface area contributed by atoms with Crippen LogP contribution in [0.2, 0.25) is 0 Å². The van der Waals surface area contributed by atoms with E-state index in [-0.39, 0.29) is 11.8 Å². The molecule has 0 saturated heterocycles. The maximum absolute atomic E-state index is 12.0. The Hall–Kier alpha value is -1.91. The Balaban J connectivity index is 2.08. The van der Waals surface area contributed by atoms with Gasteiger partial charge in [-0.25, -0.2) is 0 Å². The third-order valence-corrected chi connectivity index (χ3v) is 3.23. The van der Waals surface area contributed by atoms with Crippen molar-refractivity contribution in [3.8, 4) is 17.2 Å². The molecule has 0 spiro atoms. The van der Waals surface area contributed by atoms with E-state index in [1.807, 2.05) is 6.92 Å². The van der Waals surface area contributed by atoms with Crippen molar-refractivity contribution in [3.63, 3.8) is 0 Å². The van der Waals surface area contributed by atoms with Crippen LogP contribution in [0.3, 0.4) is 0 Å². The predicted molar refractivity (Wildman–Crippen MR) is 65.5 cm³/mol. The van der Waals surface area contributed by atoms with E-state index in [2.05, 4.69) is 0 Å². The van der Waals surface area contributed by atoms with Crippen LogP contribution >= 0.6 is 0 Å². The van der Waals surface area contributed by atoms with E-state index < -0.39 is 0 Å². The number of hydrogen-bond acceptors (Lipinski definition) is 4. The highest BCUT2D eigenvalue weighted by Crippen LogP contribution is 2.42. The van der Waals surface area contributed by atoms with E-state index in [4.69, 9.17) is 14.2 Å². The van der Waals surface area contributed by atoms with Crippen molar-refractivity contribution in [3.05, 3.63) is 12.1 Å². The van der Waals surface area contributed by atoms with Crippen molar-refractivity contribution >= 4 is 11.6 Å². The second kappa shape index (κ2) is 4.08. The van der Waals surface area contributed by atoms with Gasteiger partial charge in [-0.05, 0) is 0 Å². The number of nitrogens with zero attached hydrogens (tertiary/aromatic N) is 1. The molecule has 1 amide bonds. The second-order valence-electron chi connectivity index (χ2n) is 4.57. The highest BCUT2D eigenvalue weighted by molar-refractivity contribution is 5.97. The smallest absolute Gasteiger partial charge is 0.233 e. The zero-order chi connectivity index (χ0) is 12.7. The normalized spacial score (nSPS) is 22.0. The number of ether oxygens (including phenoxy) is 3. The van der Waals surface area contributed by atoms with Crippen molar-refractivity contribution in [1.82, 2.24) is 0 Å². The molecule has 5 nitrogen and oxygen atoms in total. The molecule has 1 aromatic rings. The first kappa shape index (κ1) is 11.2. The molecule has 3 rings (SSSR count). The molecule has 1 unspecified atom stereocenters. The number of rotatable bonds is 0. The van der Waals surface area contributed by atoms with E-state index in [9.17, 15) is 4.79 Å². The van der Waals surface area contributed by atoms with Crippen LogP contribution in [-0.4, -0.2) is 32.8 Å². The molecular weight excluding hydrogens is 234 g/mol. The summed E-state index contributed by atoms with van der Waals surface area (Å²) in [5, 5.41) is 0. The number of anilines is 1. The van der Waals surface area contributed by atoms with Crippen LogP contribution in [0, 0.1) is 5.92 Å². The van der Waals surface area contributed by atoms with Gasteiger partial charge in [0.15, 0.2) is 11.5 Å². The highest BCUT2D eigenvalue weighted by Gasteiger charge is 2.28. The van der Waals surface area contributed by atoms with Crippen LogP contribution in [0.1, 0.15) is 6.92 Å². The Morgan fingerprint density at radius 1 is 1.11 bits per heavy atom. The van der Waals surface area contributed by atoms with E-state index in [1.54, 1.807) is 24.1 Å². The first-order chi connectivity index (χ1) is 8.66. The van der Waals surface area contributed by atoms with Crippen molar-refractivity contribution in [1.29, 1.82) is 0 Å². The first-order valence-corrected chi connectivity index (χ1v) is 6.01. The van der Waals surface area contributed by atoms with Gasteiger partial charge >= 0.3 is 0 Å². The minimum Gasteiger partial charge on any atom is -0.490 e. The summed E-state index contributed by atoms with van der Waals surface area (Å²) in [6.07, 6.45) is 0. The summed E-state index contributed by atoms with van der Waals surface area (Å²) in [4.78, 5) is 13.7. The van der Waals surface area contributed by atoms with E-state index in [0.29, 0.717) is 37.1 Å². The molecular formula is C13H15NO4. The molecule has 0 fully saturated rings. The Kier molecular flexibility index (Phi) is 2.54. The Bertz CT molecular complexity index is 500. The van der Waals surface area contributed by atoms with E-state index in [0.717, 1.165) is 5.69 Å². The molecule has 0 bridgehead atoms. The second-order valence-corrected chi connectivity index (χ2v) is 4.57. The summed E-state index contributed by atoms with van der Waals surface area (Å²) in [6.45, 7) is 3.31. The number of carbonyl (C=O) groups excluding carboxylic acids is 1. The van der Waals surface area contributed by atoms with Crippen LogP contribution in [-0.2, 0) is 4.79 Å². The van der Waals surface area contributed by atoms with Gasteiger partial charge in [0.2, 0.25) is 5.91 Å². The minimum atomic E-state index is -0.152. The summed E-state index contributed by atoms with van der Waals surface area (Å²) in [6, 6.07) is 3.60. The zero-order valence-electron chi connectivity index (χ0n) is 10.4.